The maximum atomic E-state index is 10.9. The van der Waals surface area contributed by atoms with Crippen LogP contribution in [0.15, 0.2) is 0 Å². The van der Waals surface area contributed by atoms with E-state index in [1.165, 1.54) is 0 Å². The number of hydrogen-bond donors (Lipinski definition) is 2. The van der Waals surface area contributed by atoms with Crippen LogP contribution < -0.4 is 11.1 Å². The Morgan fingerprint density at radius 3 is 2.00 bits per heavy atom. The number of nitrogens with two attached hydrogens (primary N) is 1. The Labute approximate surface area is 81.1 Å². The van der Waals surface area contributed by atoms with Crippen LogP contribution in [0.5, 0.6) is 0 Å². The maximum Gasteiger partial charge on any atom is 0.233 e. The summed E-state index contributed by atoms with van der Waals surface area (Å²) < 4.78 is 0. The number of hydrogen-bond acceptors (Lipinski definition) is 2. The van der Waals surface area contributed by atoms with Crippen LogP contribution in [0.3, 0.4) is 0 Å². The van der Waals surface area contributed by atoms with E-state index in [9.17, 15) is 4.79 Å². The Balaban J connectivity index is 4.12. The van der Waals surface area contributed by atoms with Crippen molar-refractivity contribution < 1.29 is 4.79 Å². The number of rotatable bonds is 3. The monoisotopic (exact) mass is 186 g/mol. The van der Waals surface area contributed by atoms with E-state index in [0.717, 1.165) is 0 Å². The molecule has 3 N–H and O–H groups in total. The summed E-state index contributed by atoms with van der Waals surface area (Å²) in [6.45, 7) is 11.5. The summed E-state index contributed by atoms with van der Waals surface area (Å²) in [7, 11) is 0. The van der Waals surface area contributed by atoms with E-state index >= 15 is 0 Å². The third-order valence-corrected chi connectivity index (χ3v) is 2.94. The van der Waals surface area contributed by atoms with Crippen LogP contribution in [-0.4, -0.2) is 19.0 Å². The average molecular weight is 186 g/mol. The van der Waals surface area contributed by atoms with Crippen molar-refractivity contribution in [1.29, 1.82) is 0 Å². The normalized spacial score (nSPS) is 12.8. The number of amides is 1. The second kappa shape index (κ2) is 4.09. The van der Waals surface area contributed by atoms with Gasteiger partial charge in [0, 0.05) is 6.54 Å². The van der Waals surface area contributed by atoms with Gasteiger partial charge in [-0.3, -0.25) is 4.79 Å². The van der Waals surface area contributed by atoms with Crippen LogP contribution in [0.2, 0.25) is 0 Å². The standard InChI is InChI=1S/C10H22N2O/c1-9(2,3)10(4,5)7-12-8(13)6-11/h6-7,11H2,1-5H3,(H,12,13). The average Bonchev–Trinajstić information content (AvgIpc) is 1.98. The predicted octanol–water partition coefficient (Wildman–Crippen LogP) is 1.13. The molecular weight excluding hydrogens is 164 g/mol. The molecule has 3 heteroatoms. The fourth-order valence-corrected chi connectivity index (χ4v) is 0.657. The van der Waals surface area contributed by atoms with Gasteiger partial charge in [0.2, 0.25) is 5.91 Å². The van der Waals surface area contributed by atoms with Crippen molar-refractivity contribution in [3.05, 3.63) is 0 Å². The van der Waals surface area contributed by atoms with Crippen molar-refractivity contribution in [2.45, 2.75) is 34.6 Å². The van der Waals surface area contributed by atoms with Gasteiger partial charge in [-0.1, -0.05) is 34.6 Å². The highest BCUT2D eigenvalue weighted by molar-refractivity contribution is 5.77. The summed E-state index contributed by atoms with van der Waals surface area (Å²) in [4.78, 5) is 10.9. The molecule has 1 amide bonds. The van der Waals surface area contributed by atoms with E-state index in [2.05, 4.69) is 39.9 Å². The molecule has 0 saturated heterocycles. The minimum absolute atomic E-state index is 0.0697. The van der Waals surface area contributed by atoms with Crippen molar-refractivity contribution in [3.8, 4) is 0 Å². The largest absolute Gasteiger partial charge is 0.354 e. The Bertz CT molecular complexity index is 180. The molecule has 0 aromatic heterocycles. The van der Waals surface area contributed by atoms with E-state index in [1.807, 2.05) is 0 Å². The van der Waals surface area contributed by atoms with E-state index in [0.29, 0.717) is 6.54 Å². The van der Waals surface area contributed by atoms with Gasteiger partial charge in [-0.2, -0.15) is 0 Å². The highest BCUT2D eigenvalue weighted by atomic mass is 16.1. The van der Waals surface area contributed by atoms with Crippen LogP contribution >= 0.6 is 0 Å². The zero-order valence-corrected chi connectivity index (χ0v) is 9.40. The molecule has 0 bridgehead atoms. The van der Waals surface area contributed by atoms with Gasteiger partial charge in [0.1, 0.15) is 0 Å². The molecule has 0 aliphatic heterocycles. The van der Waals surface area contributed by atoms with Crippen molar-refractivity contribution in [1.82, 2.24) is 5.32 Å². The van der Waals surface area contributed by atoms with Gasteiger partial charge in [-0.05, 0) is 10.8 Å². The Kier molecular flexibility index (Phi) is 3.91. The minimum atomic E-state index is -0.0858. The lowest BCUT2D eigenvalue weighted by Gasteiger charge is -2.38. The quantitative estimate of drug-likeness (QED) is 0.694. The molecule has 0 aromatic carbocycles. The molecule has 3 nitrogen and oxygen atoms in total. The van der Waals surface area contributed by atoms with E-state index in [1.54, 1.807) is 0 Å². The molecule has 0 unspecified atom stereocenters. The van der Waals surface area contributed by atoms with Crippen molar-refractivity contribution in [3.63, 3.8) is 0 Å². The first kappa shape index (κ1) is 12.4. The number of nitrogens with one attached hydrogen (secondary N) is 1. The lowest BCUT2D eigenvalue weighted by Crippen LogP contribution is -2.43. The molecule has 0 radical (unpaired) electrons. The van der Waals surface area contributed by atoms with Crippen molar-refractivity contribution in [2.24, 2.45) is 16.6 Å². The smallest absolute Gasteiger partial charge is 0.233 e. The zero-order valence-electron chi connectivity index (χ0n) is 9.40. The van der Waals surface area contributed by atoms with Gasteiger partial charge in [-0.15, -0.1) is 0 Å². The molecule has 0 aromatic rings. The van der Waals surface area contributed by atoms with E-state index in [-0.39, 0.29) is 23.3 Å². The van der Waals surface area contributed by atoms with Gasteiger partial charge >= 0.3 is 0 Å². The molecule has 78 valence electrons. The summed E-state index contributed by atoms with van der Waals surface area (Å²) in [5.41, 5.74) is 5.46. The second-order valence-electron chi connectivity index (χ2n) is 5.11. The molecule has 0 aliphatic rings. The van der Waals surface area contributed by atoms with Crippen molar-refractivity contribution >= 4 is 5.91 Å². The summed E-state index contributed by atoms with van der Waals surface area (Å²) in [5.74, 6) is -0.0858. The molecule has 0 aliphatic carbocycles. The van der Waals surface area contributed by atoms with E-state index in [4.69, 9.17) is 5.73 Å². The lowest BCUT2D eigenvalue weighted by molar-refractivity contribution is -0.120. The molecule has 0 rings (SSSR count). The minimum Gasteiger partial charge on any atom is -0.354 e. The van der Waals surface area contributed by atoms with Crippen LogP contribution in [0, 0.1) is 10.8 Å². The van der Waals surface area contributed by atoms with Crippen molar-refractivity contribution in [2.75, 3.05) is 13.1 Å². The third-order valence-electron chi connectivity index (χ3n) is 2.94. The molecule has 13 heavy (non-hydrogen) atoms. The van der Waals surface area contributed by atoms with Crippen LogP contribution in [0.25, 0.3) is 0 Å². The zero-order chi connectivity index (χ0) is 10.7. The molecular formula is C10H22N2O. The van der Waals surface area contributed by atoms with Gasteiger partial charge in [0.15, 0.2) is 0 Å². The Morgan fingerprint density at radius 1 is 1.23 bits per heavy atom. The molecule has 0 spiro atoms. The topological polar surface area (TPSA) is 55.1 Å². The summed E-state index contributed by atoms with van der Waals surface area (Å²) in [6.07, 6.45) is 0. The van der Waals surface area contributed by atoms with Crippen LogP contribution in [0.1, 0.15) is 34.6 Å². The second-order valence-corrected chi connectivity index (χ2v) is 5.11. The molecule has 0 heterocycles. The number of carbonyl (C=O) groups excluding carboxylic acids is 1. The maximum absolute atomic E-state index is 10.9. The lowest BCUT2D eigenvalue weighted by atomic mass is 9.69. The summed E-state index contributed by atoms with van der Waals surface area (Å²) in [6, 6.07) is 0. The number of carbonyl (C=O) groups is 1. The summed E-state index contributed by atoms with van der Waals surface area (Å²) in [5, 5.41) is 2.82. The Hall–Kier alpha value is -0.570. The Morgan fingerprint density at radius 2 is 1.69 bits per heavy atom. The SMILES string of the molecule is CC(C)(C)C(C)(C)CNC(=O)CN. The van der Waals surface area contributed by atoms with Gasteiger partial charge in [0.25, 0.3) is 0 Å². The first-order valence-electron chi connectivity index (χ1n) is 4.67. The molecule has 0 fully saturated rings. The fraction of sp³-hybridized carbons (Fsp3) is 0.900. The fourth-order valence-electron chi connectivity index (χ4n) is 0.657. The van der Waals surface area contributed by atoms with Gasteiger partial charge in [-0.25, -0.2) is 0 Å². The molecule has 0 saturated carbocycles. The van der Waals surface area contributed by atoms with E-state index < -0.39 is 0 Å². The third kappa shape index (κ3) is 3.77. The highest BCUT2D eigenvalue weighted by Gasteiger charge is 2.32. The predicted molar refractivity (Wildman–Crippen MR) is 55.3 cm³/mol. The first-order chi connectivity index (χ1) is 5.70. The molecule has 0 atom stereocenters. The van der Waals surface area contributed by atoms with Gasteiger partial charge < -0.3 is 11.1 Å². The van der Waals surface area contributed by atoms with Crippen LogP contribution in [0.4, 0.5) is 0 Å². The van der Waals surface area contributed by atoms with Crippen LogP contribution in [-0.2, 0) is 4.79 Å². The first-order valence-corrected chi connectivity index (χ1v) is 4.67. The summed E-state index contributed by atoms with van der Waals surface area (Å²) >= 11 is 0. The van der Waals surface area contributed by atoms with Gasteiger partial charge in [0.05, 0.1) is 6.54 Å². The highest BCUT2D eigenvalue weighted by Crippen LogP contribution is 2.36.